The van der Waals surface area contributed by atoms with Crippen LogP contribution in [0.2, 0.25) is 0 Å². The van der Waals surface area contributed by atoms with Crippen molar-refractivity contribution in [2.24, 2.45) is 0 Å². The van der Waals surface area contributed by atoms with Crippen molar-refractivity contribution in [3.63, 3.8) is 0 Å². The lowest BCUT2D eigenvalue weighted by molar-refractivity contribution is -0.111. The Morgan fingerprint density at radius 2 is 1.53 bits per heavy atom. The first kappa shape index (κ1) is 19.1. The molecule has 30 heavy (non-hydrogen) atoms. The third-order valence-corrected chi connectivity index (χ3v) is 4.38. The number of fused-ring (bicyclic) bond motifs is 1. The van der Waals surface area contributed by atoms with E-state index in [9.17, 15) is 14.0 Å². The molecule has 1 aromatic heterocycles. The van der Waals surface area contributed by atoms with Gasteiger partial charge in [0.15, 0.2) is 0 Å². The van der Waals surface area contributed by atoms with Gasteiger partial charge in [0.2, 0.25) is 11.7 Å². The largest absolute Gasteiger partial charge is 0.449 e. The summed E-state index contributed by atoms with van der Waals surface area (Å²) in [6, 6.07) is 21.8. The summed E-state index contributed by atoms with van der Waals surface area (Å²) in [5.74, 6) is -1.40. The predicted octanol–water partition coefficient (Wildman–Crippen LogP) is 5.48. The van der Waals surface area contributed by atoms with Crippen molar-refractivity contribution in [2.45, 2.75) is 0 Å². The van der Waals surface area contributed by atoms with Gasteiger partial charge in [0.1, 0.15) is 17.1 Å². The molecular weight excluding hydrogens is 383 g/mol. The van der Waals surface area contributed by atoms with Gasteiger partial charge in [-0.2, -0.15) is 0 Å². The van der Waals surface area contributed by atoms with Crippen LogP contribution >= 0.6 is 0 Å². The van der Waals surface area contributed by atoms with Gasteiger partial charge >= 0.3 is 0 Å². The Hall–Kier alpha value is -4.19. The first-order valence-electron chi connectivity index (χ1n) is 9.23. The van der Waals surface area contributed by atoms with Gasteiger partial charge in [-0.1, -0.05) is 42.5 Å². The number of carbonyl (C=O) groups is 2. The van der Waals surface area contributed by atoms with Crippen molar-refractivity contribution in [3.05, 3.63) is 102 Å². The summed E-state index contributed by atoms with van der Waals surface area (Å²) in [7, 11) is 0. The predicted molar refractivity (Wildman–Crippen MR) is 115 cm³/mol. The SMILES string of the molecule is O=C(C=Cc1ccccc1)Nc1c(C(=O)Nc2ccc(F)cc2)oc2ccccc12. The summed E-state index contributed by atoms with van der Waals surface area (Å²) in [6.45, 7) is 0. The van der Waals surface area contributed by atoms with Gasteiger partial charge in [0.25, 0.3) is 5.91 Å². The maximum absolute atomic E-state index is 13.1. The molecule has 0 bridgehead atoms. The van der Waals surface area contributed by atoms with E-state index in [1.165, 1.54) is 30.3 Å². The smallest absolute Gasteiger partial charge is 0.293 e. The van der Waals surface area contributed by atoms with E-state index in [1.54, 1.807) is 30.3 Å². The number of hydrogen-bond acceptors (Lipinski definition) is 3. The topological polar surface area (TPSA) is 71.3 Å². The Labute approximate surface area is 171 Å². The summed E-state index contributed by atoms with van der Waals surface area (Å²) < 4.78 is 18.8. The molecule has 5 nitrogen and oxygen atoms in total. The molecule has 3 aromatic carbocycles. The number of hydrogen-bond donors (Lipinski definition) is 2. The van der Waals surface area contributed by atoms with Crippen molar-refractivity contribution in [3.8, 4) is 0 Å². The molecule has 0 unspecified atom stereocenters. The van der Waals surface area contributed by atoms with Crippen molar-refractivity contribution in [1.82, 2.24) is 0 Å². The maximum atomic E-state index is 13.1. The van der Waals surface area contributed by atoms with Gasteiger partial charge in [-0.3, -0.25) is 9.59 Å². The van der Waals surface area contributed by atoms with E-state index in [0.29, 0.717) is 16.7 Å². The Kier molecular flexibility index (Phi) is 5.39. The van der Waals surface area contributed by atoms with Crippen molar-refractivity contribution in [1.29, 1.82) is 0 Å². The number of halogens is 1. The highest BCUT2D eigenvalue weighted by Gasteiger charge is 2.22. The minimum atomic E-state index is -0.555. The van der Waals surface area contributed by atoms with Gasteiger partial charge in [-0.15, -0.1) is 0 Å². The molecule has 148 valence electrons. The second-order valence-electron chi connectivity index (χ2n) is 6.50. The highest BCUT2D eigenvalue weighted by Crippen LogP contribution is 2.31. The number of amides is 2. The molecule has 0 aliphatic carbocycles. The quantitative estimate of drug-likeness (QED) is 0.436. The van der Waals surface area contributed by atoms with Crippen molar-refractivity contribution in [2.75, 3.05) is 10.6 Å². The van der Waals surface area contributed by atoms with E-state index < -0.39 is 17.6 Å². The fourth-order valence-electron chi connectivity index (χ4n) is 2.95. The molecule has 0 radical (unpaired) electrons. The van der Waals surface area contributed by atoms with Gasteiger partial charge < -0.3 is 15.1 Å². The number of nitrogens with one attached hydrogen (secondary N) is 2. The van der Waals surface area contributed by atoms with Crippen LogP contribution < -0.4 is 10.6 Å². The lowest BCUT2D eigenvalue weighted by Crippen LogP contribution is -2.15. The zero-order valence-electron chi connectivity index (χ0n) is 15.8. The molecule has 0 saturated heterocycles. The van der Waals surface area contributed by atoms with Crippen molar-refractivity contribution < 1.29 is 18.4 Å². The lowest BCUT2D eigenvalue weighted by atomic mass is 10.2. The fourth-order valence-corrected chi connectivity index (χ4v) is 2.95. The number of furan rings is 1. The van der Waals surface area contributed by atoms with Crippen LogP contribution in [-0.2, 0) is 4.79 Å². The van der Waals surface area contributed by atoms with Crippen LogP contribution in [0.3, 0.4) is 0 Å². The molecule has 4 aromatic rings. The van der Waals surface area contributed by atoms with Gasteiger partial charge in [0.05, 0.1) is 0 Å². The monoisotopic (exact) mass is 400 g/mol. The molecule has 0 saturated carbocycles. The molecule has 0 aliphatic heterocycles. The maximum Gasteiger partial charge on any atom is 0.293 e. The third kappa shape index (κ3) is 4.28. The molecule has 0 fully saturated rings. The number of carbonyl (C=O) groups excluding carboxylic acids is 2. The van der Waals surface area contributed by atoms with Crippen LogP contribution in [0.1, 0.15) is 16.1 Å². The summed E-state index contributed by atoms with van der Waals surface area (Å²) >= 11 is 0. The van der Waals surface area contributed by atoms with Crippen LogP contribution in [0, 0.1) is 5.82 Å². The van der Waals surface area contributed by atoms with Crippen molar-refractivity contribution >= 4 is 40.2 Å². The Bertz CT molecular complexity index is 1230. The molecule has 2 amide bonds. The minimum Gasteiger partial charge on any atom is -0.449 e. The highest BCUT2D eigenvalue weighted by atomic mass is 19.1. The molecule has 0 atom stereocenters. The van der Waals surface area contributed by atoms with E-state index in [1.807, 2.05) is 30.3 Å². The molecule has 0 aliphatic rings. The van der Waals surface area contributed by atoms with Gasteiger partial charge in [-0.25, -0.2) is 4.39 Å². The second kappa shape index (κ2) is 8.45. The van der Waals surface area contributed by atoms with Crippen LogP contribution in [0.5, 0.6) is 0 Å². The Balaban J connectivity index is 1.61. The molecule has 0 spiro atoms. The Morgan fingerprint density at radius 3 is 2.30 bits per heavy atom. The van der Waals surface area contributed by atoms with Crippen LogP contribution in [0.15, 0.2) is 89.4 Å². The molecule has 1 heterocycles. The zero-order chi connectivity index (χ0) is 20.9. The van der Waals surface area contributed by atoms with Crippen LogP contribution in [0.25, 0.3) is 17.0 Å². The number of para-hydroxylation sites is 1. The van der Waals surface area contributed by atoms with Gasteiger partial charge in [0, 0.05) is 17.1 Å². The second-order valence-corrected chi connectivity index (χ2v) is 6.50. The first-order chi connectivity index (χ1) is 14.6. The van der Waals surface area contributed by atoms with E-state index in [4.69, 9.17) is 4.42 Å². The Morgan fingerprint density at radius 1 is 0.833 bits per heavy atom. The fraction of sp³-hybridized carbons (Fsp3) is 0. The van der Waals surface area contributed by atoms with E-state index in [0.717, 1.165) is 5.56 Å². The van der Waals surface area contributed by atoms with E-state index in [-0.39, 0.29) is 11.4 Å². The third-order valence-electron chi connectivity index (χ3n) is 4.38. The van der Waals surface area contributed by atoms with E-state index in [2.05, 4.69) is 10.6 Å². The number of anilines is 2. The van der Waals surface area contributed by atoms with Crippen LogP contribution in [-0.4, -0.2) is 11.8 Å². The molecular formula is C24H17FN2O3. The number of rotatable bonds is 5. The lowest BCUT2D eigenvalue weighted by Gasteiger charge is -2.06. The van der Waals surface area contributed by atoms with Gasteiger partial charge in [-0.05, 0) is 48.0 Å². The van der Waals surface area contributed by atoms with E-state index >= 15 is 0 Å². The summed E-state index contributed by atoms with van der Waals surface area (Å²) in [5.41, 5.74) is 2.01. The highest BCUT2D eigenvalue weighted by molar-refractivity contribution is 6.16. The normalized spacial score (nSPS) is 11.0. The molecule has 6 heteroatoms. The molecule has 2 N–H and O–H groups in total. The number of benzene rings is 3. The molecule has 4 rings (SSSR count). The van der Waals surface area contributed by atoms with Crippen LogP contribution in [0.4, 0.5) is 15.8 Å². The summed E-state index contributed by atoms with van der Waals surface area (Å²) in [4.78, 5) is 25.3. The summed E-state index contributed by atoms with van der Waals surface area (Å²) in [5, 5.41) is 5.99. The summed E-state index contributed by atoms with van der Waals surface area (Å²) in [6.07, 6.45) is 3.06. The minimum absolute atomic E-state index is 0.0398. The zero-order valence-corrected chi connectivity index (χ0v) is 15.8. The average Bonchev–Trinajstić information content (AvgIpc) is 3.13. The first-order valence-corrected chi connectivity index (χ1v) is 9.23. The standard InChI is InChI=1S/C24H17FN2O3/c25-17-11-13-18(14-12-17)26-24(29)23-22(19-8-4-5-9-20(19)30-23)27-21(28)15-10-16-6-2-1-3-7-16/h1-15H,(H,26,29)(H,27,28). The average molecular weight is 400 g/mol.